The molecular weight excluding hydrogens is 390 g/mol. The quantitative estimate of drug-likeness (QED) is 0.618. The van der Waals surface area contributed by atoms with Crippen LogP contribution in [0.2, 0.25) is 0 Å². The zero-order valence-corrected chi connectivity index (χ0v) is 16.8. The second-order valence-electron chi connectivity index (χ2n) is 7.58. The van der Waals surface area contributed by atoms with Crippen LogP contribution in [0.25, 0.3) is 10.9 Å². The average molecular weight is 413 g/mol. The minimum atomic E-state index is -1.01. The minimum absolute atomic E-state index is 0.174. The highest BCUT2D eigenvalue weighted by molar-refractivity contribution is 5.96. The predicted octanol–water partition coefficient (Wildman–Crippen LogP) is 1.51. The van der Waals surface area contributed by atoms with Gasteiger partial charge >= 0.3 is 11.9 Å². The van der Waals surface area contributed by atoms with Gasteiger partial charge < -0.3 is 14.8 Å². The van der Waals surface area contributed by atoms with Crippen molar-refractivity contribution < 1.29 is 24.4 Å². The molecule has 0 bridgehead atoms. The van der Waals surface area contributed by atoms with Crippen molar-refractivity contribution in [3.05, 3.63) is 46.9 Å². The van der Waals surface area contributed by atoms with Gasteiger partial charge in [0.1, 0.15) is 17.4 Å². The van der Waals surface area contributed by atoms with Crippen molar-refractivity contribution >= 4 is 22.8 Å². The lowest BCUT2D eigenvalue weighted by Crippen LogP contribution is -2.48. The number of fused-ring (bicyclic) bond motifs is 1. The Balaban J connectivity index is 1.56. The molecule has 3 aromatic rings. The van der Waals surface area contributed by atoms with E-state index in [-0.39, 0.29) is 5.56 Å². The van der Waals surface area contributed by atoms with E-state index in [4.69, 9.17) is 4.63 Å². The van der Waals surface area contributed by atoms with Gasteiger partial charge in [0.15, 0.2) is 0 Å². The van der Waals surface area contributed by atoms with E-state index >= 15 is 0 Å². The fourth-order valence-corrected chi connectivity index (χ4v) is 4.04. The molecular formula is C20H23N5O5. The van der Waals surface area contributed by atoms with E-state index in [9.17, 15) is 19.8 Å². The van der Waals surface area contributed by atoms with Crippen LogP contribution in [0, 0.1) is 6.92 Å². The average Bonchev–Trinajstić information content (AvgIpc) is 3.26. The summed E-state index contributed by atoms with van der Waals surface area (Å²) in [4.78, 5) is 27.7. The zero-order valence-electron chi connectivity index (χ0n) is 16.8. The van der Waals surface area contributed by atoms with Gasteiger partial charge in [-0.3, -0.25) is 14.6 Å². The van der Waals surface area contributed by atoms with Crippen molar-refractivity contribution in [2.45, 2.75) is 19.5 Å². The van der Waals surface area contributed by atoms with Crippen molar-refractivity contribution in [2.75, 3.05) is 26.2 Å². The molecule has 0 spiro atoms. The fraction of sp³-hybridized carbons (Fsp3) is 0.400. The first-order chi connectivity index (χ1) is 14.3. The number of aryl methyl sites for hydroxylation is 2. The highest BCUT2D eigenvalue weighted by atomic mass is 16.6. The molecule has 1 fully saturated rings. The van der Waals surface area contributed by atoms with Gasteiger partial charge in [0.25, 0.3) is 0 Å². The topological polar surface area (TPSA) is 125 Å². The van der Waals surface area contributed by atoms with Gasteiger partial charge in [0.2, 0.25) is 0 Å². The third-order valence-electron chi connectivity index (χ3n) is 5.69. The van der Waals surface area contributed by atoms with E-state index in [2.05, 4.69) is 15.2 Å². The molecule has 2 N–H and O–H groups in total. The van der Waals surface area contributed by atoms with Gasteiger partial charge in [0, 0.05) is 62.4 Å². The molecule has 0 aliphatic carbocycles. The molecule has 10 nitrogen and oxygen atoms in total. The van der Waals surface area contributed by atoms with E-state index in [1.165, 1.54) is 6.07 Å². The molecule has 1 saturated heterocycles. The fourth-order valence-electron chi connectivity index (χ4n) is 4.04. The van der Waals surface area contributed by atoms with Crippen LogP contribution in [0.5, 0.6) is 0 Å². The lowest BCUT2D eigenvalue weighted by molar-refractivity contribution is -0.144. The minimum Gasteiger partial charge on any atom is -0.480 e. The highest BCUT2D eigenvalue weighted by Gasteiger charge is 2.33. The van der Waals surface area contributed by atoms with Crippen LogP contribution in [-0.4, -0.2) is 73.0 Å². The number of carbonyl (C=O) groups is 2. The van der Waals surface area contributed by atoms with Crippen molar-refractivity contribution in [1.82, 2.24) is 24.7 Å². The number of piperazine rings is 1. The van der Waals surface area contributed by atoms with Crippen LogP contribution in [0.1, 0.15) is 33.4 Å². The number of carboxylic acid groups (broad SMARTS) is 2. The Kier molecular flexibility index (Phi) is 5.27. The van der Waals surface area contributed by atoms with Gasteiger partial charge in [-0.25, -0.2) is 9.42 Å². The number of hydrogen-bond acceptors (Lipinski definition) is 7. The molecule has 158 valence electrons. The van der Waals surface area contributed by atoms with Crippen molar-refractivity contribution in [2.24, 2.45) is 7.05 Å². The maximum atomic E-state index is 12.2. The van der Waals surface area contributed by atoms with Gasteiger partial charge in [-0.1, -0.05) is 16.4 Å². The largest absolute Gasteiger partial charge is 0.480 e. The summed E-state index contributed by atoms with van der Waals surface area (Å²) in [5.74, 6) is -1.93. The molecule has 1 aliphatic heterocycles. The number of aromatic nitrogens is 3. The number of benzene rings is 1. The molecule has 1 unspecified atom stereocenters. The zero-order chi connectivity index (χ0) is 21.4. The smallest absolute Gasteiger partial charge is 0.335 e. The van der Waals surface area contributed by atoms with Gasteiger partial charge in [-0.05, 0) is 19.1 Å². The molecule has 1 aromatic carbocycles. The third-order valence-corrected chi connectivity index (χ3v) is 5.69. The number of aliphatic carboxylic acids is 1. The van der Waals surface area contributed by atoms with E-state index in [1.54, 1.807) is 29.9 Å². The Labute approximate surface area is 172 Å². The van der Waals surface area contributed by atoms with Crippen LogP contribution >= 0.6 is 0 Å². The maximum Gasteiger partial charge on any atom is 0.335 e. The first-order valence-electron chi connectivity index (χ1n) is 9.64. The normalized spacial score (nSPS) is 16.7. The van der Waals surface area contributed by atoms with E-state index in [0.717, 1.165) is 16.8 Å². The molecule has 2 aromatic heterocycles. The summed E-state index contributed by atoms with van der Waals surface area (Å²) in [6.45, 7) is 5.04. The Bertz CT molecular complexity index is 1100. The first-order valence-corrected chi connectivity index (χ1v) is 9.64. The molecule has 1 aliphatic rings. The van der Waals surface area contributed by atoms with E-state index in [0.29, 0.717) is 43.8 Å². The number of hydrogen-bond donors (Lipinski definition) is 2. The Morgan fingerprint density at radius 1 is 1.17 bits per heavy atom. The van der Waals surface area contributed by atoms with Gasteiger partial charge in [-0.2, -0.15) is 0 Å². The SMILES string of the molecule is Cc1nonc1CN1CCN(C(C(=O)O)c2cn(C)c3cc(C(=O)O)ccc23)CC1. The van der Waals surface area contributed by atoms with Crippen LogP contribution < -0.4 is 0 Å². The lowest BCUT2D eigenvalue weighted by atomic mass is 10.0. The maximum absolute atomic E-state index is 12.2. The number of rotatable bonds is 6. The summed E-state index contributed by atoms with van der Waals surface area (Å²) in [5, 5.41) is 27.7. The molecule has 0 amide bonds. The van der Waals surface area contributed by atoms with E-state index in [1.807, 2.05) is 11.8 Å². The second kappa shape index (κ2) is 7.88. The standard InChI is InChI=1S/C20H23N5O5/c1-12-16(22-30-21-12)11-24-5-7-25(8-6-24)18(20(28)29)15-10-23(2)17-9-13(19(26)27)3-4-14(15)17/h3-4,9-10,18H,5-8,11H2,1-2H3,(H,26,27)(H,28,29). The van der Waals surface area contributed by atoms with Crippen LogP contribution in [-0.2, 0) is 18.4 Å². The highest BCUT2D eigenvalue weighted by Crippen LogP contribution is 2.31. The van der Waals surface area contributed by atoms with Crippen LogP contribution in [0.4, 0.5) is 0 Å². The summed E-state index contributed by atoms with van der Waals surface area (Å²) in [5.41, 5.74) is 3.10. The van der Waals surface area contributed by atoms with Crippen molar-refractivity contribution in [1.29, 1.82) is 0 Å². The van der Waals surface area contributed by atoms with Gasteiger partial charge in [0.05, 0.1) is 5.56 Å². The molecule has 30 heavy (non-hydrogen) atoms. The van der Waals surface area contributed by atoms with Crippen LogP contribution in [0.15, 0.2) is 29.0 Å². The van der Waals surface area contributed by atoms with Crippen molar-refractivity contribution in [3.8, 4) is 0 Å². The summed E-state index contributed by atoms with van der Waals surface area (Å²) in [7, 11) is 1.79. The summed E-state index contributed by atoms with van der Waals surface area (Å²) in [6.07, 6.45) is 1.78. The van der Waals surface area contributed by atoms with Crippen molar-refractivity contribution in [3.63, 3.8) is 0 Å². The monoisotopic (exact) mass is 413 g/mol. The third kappa shape index (κ3) is 3.66. The number of carboxylic acids is 2. The molecule has 1 atom stereocenters. The molecule has 10 heteroatoms. The lowest BCUT2D eigenvalue weighted by Gasteiger charge is -2.37. The number of aromatic carboxylic acids is 1. The first kappa shape index (κ1) is 20.0. The second-order valence-corrected chi connectivity index (χ2v) is 7.58. The molecule has 0 saturated carbocycles. The Morgan fingerprint density at radius 3 is 2.50 bits per heavy atom. The van der Waals surface area contributed by atoms with Crippen LogP contribution in [0.3, 0.4) is 0 Å². The summed E-state index contributed by atoms with van der Waals surface area (Å²) in [6, 6.07) is 3.98. The Morgan fingerprint density at radius 2 is 1.90 bits per heavy atom. The number of nitrogens with zero attached hydrogens (tertiary/aromatic N) is 5. The Hall–Kier alpha value is -3.24. The summed E-state index contributed by atoms with van der Waals surface area (Å²) < 4.78 is 6.53. The van der Waals surface area contributed by atoms with E-state index < -0.39 is 18.0 Å². The molecule has 3 heterocycles. The molecule has 4 rings (SSSR count). The van der Waals surface area contributed by atoms with Gasteiger partial charge in [-0.15, -0.1) is 0 Å². The predicted molar refractivity (Wildman–Crippen MR) is 106 cm³/mol. The molecule has 0 radical (unpaired) electrons. The summed E-state index contributed by atoms with van der Waals surface area (Å²) >= 11 is 0.